The summed E-state index contributed by atoms with van der Waals surface area (Å²) < 4.78 is 11.2. The molecule has 0 aliphatic rings. The molecule has 0 aliphatic carbocycles. The van der Waals surface area contributed by atoms with Crippen molar-refractivity contribution < 1.29 is 14.2 Å². The summed E-state index contributed by atoms with van der Waals surface area (Å²) in [5.41, 5.74) is 2.08. The highest BCUT2D eigenvalue weighted by Gasteiger charge is 2.10. The zero-order valence-corrected chi connectivity index (χ0v) is 12.6. The van der Waals surface area contributed by atoms with Crippen LogP contribution in [0, 0.1) is 6.92 Å². The van der Waals surface area contributed by atoms with E-state index in [1.807, 2.05) is 49.4 Å². The number of rotatable bonds is 5. The Morgan fingerprint density at radius 2 is 1.86 bits per heavy atom. The Kier molecular flexibility index (Phi) is 4.13. The molecule has 2 N–H and O–H groups in total. The van der Waals surface area contributed by atoms with Gasteiger partial charge in [0.25, 0.3) is 0 Å². The van der Waals surface area contributed by atoms with Crippen molar-refractivity contribution in [3.8, 4) is 11.3 Å². The molecule has 4 heteroatoms. The topological polar surface area (TPSA) is 42.9 Å². The van der Waals surface area contributed by atoms with Crippen molar-refractivity contribution >= 4 is 11.6 Å². The van der Waals surface area contributed by atoms with Crippen LogP contribution in [0.4, 0.5) is 0 Å². The second-order valence-corrected chi connectivity index (χ2v) is 5.36. The van der Waals surface area contributed by atoms with Gasteiger partial charge >= 0.3 is 0 Å². The van der Waals surface area contributed by atoms with E-state index in [1.165, 1.54) is 0 Å². The Labute approximate surface area is 128 Å². The lowest BCUT2D eigenvalue weighted by Gasteiger charge is -2.04. The zero-order chi connectivity index (χ0) is 14.7. The monoisotopic (exact) mass is 302 g/mol. The Morgan fingerprint density at radius 3 is 2.67 bits per heavy atom. The molecule has 0 fully saturated rings. The highest BCUT2D eigenvalue weighted by atomic mass is 35.5. The highest BCUT2D eigenvalue weighted by Crippen LogP contribution is 2.29. The fraction of sp³-hybridized carbons (Fsp3) is 0.176. The molecule has 21 heavy (non-hydrogen) atoms. The number of halogens is 1. The van der Waals surface area contributed by atoms with Crippen LogP contribution in [0.2, 0.25) is 5.02 Å². The summed E-state index contributed by atoms with van der Waals surface area (Å²) in [6, 6.07) is 13.7. The quantitative estimate of drug-likeness (QED) is 0.779. The van der Waals surface area contributed by atoms with Crippen LogP contribution in [0.3, 0.4) is 0 Å². The Bertz CT molecular complexity index is 716. The molecule has 2 aromatic heterocycles. The van der Waals surface area contributed by atoms with Crippen molar-refractivity contribution in [1.29, 1.82) is 0 Å². The average Bonchev–Trinajstić information content (AvgIpc) is 3.14. The third kappa shape index (κ3) is 3.20. The van der Waals surface area contributed by atoms with E-state index in [1.54, 1.807) is 6.26 Å². The van der Waals surface area contributed by atoms with Crippen LogP contribution < -0.4 is 5.32 Å². The van der Waals surface area contributed by atoms with Crippen molar-refractivity contribution in [1.82, 2.24) is 0 Å². The number of benzene rings is 1. The van der Waals surface area contributed by atoms with E-state index in [0.717, 1.165) is 46.5 Å². The minimum Gasteiger partial charge on any atom is -0.463 e. The summed E-state index contributed by atoms with van der Waals surface area (Å²) in [4.78, 5) is 0. The molecule has 0 bridgehead atoms. The van der Waals surface area contributed by atoms with Gasteiger partial charge in [-0.1, -0.05) is 23.7 Å². The van der Waals surface area contributed by atoms with Gasteiger partial charge in [-0.15, -0.1) is 0 Å². The molecule has 0 saturated carbocycles. The molecule has 0 amide bonds. The van der Waals surface area contributed by atoms with Gasteiger partial charge in [0.1, 0.15) is 18.8 Å². The molecular weight excluding hydrogens is 286 g/mol. The summed E-state index contributed by atoms with van der Waals surface area (Å²) in [6.45, 7) is 3.59. The molecular formula is C17H17ClNO2+. The minimum absolute atomic E-state index is 0.759. The molecule has 3 aromatic rings. The third-order valence-corrected chi connectivity index (χ3v) is 3.88. The van der Waals surface area contributed by atoms with E-state index in [4.69, 9.17) is 20.4 Å². The molecule has 2 heterocycles. The maximum Gasteiger partial charge on any atom is 0.158 e. The van der Waals surface area contributed by atoms with Crippen LogP contribution in [0.15, 0.2) is 57.6 Å². The predicted molar refractivity (Wildman–Crippen MR) is 81.9 cm³/mol. The van der Waals surface area contributed by atoms with Crippen LogP contribution in [-0.4, -0.2) is 0 Å². The summed E-state index contributed by atoms with van der Waals surface area (Å²) >= 11 is 6.15. The minimum atomic E-state index is 0.759. The molecule has 108 valence electrons. The van der Waals surface area contributed by atoms with Crippen molar-refractivity contribution in [2.24, 2.45) is 0 Å². The fourth-order valence-corrected chi connectivity index (χ4v) is 2.47. The normalized spacial score (nSPS) is 11.0. The van der Waals surface area contributed by atoms with Gasteiger partial charge in [-0.2, -0.15) is 0 Å². The van der Waals surface area contributed by atoms with Crippen LogP contribution in [0.1, 0.15) is 17.1 Å². The van der Waals surface area contributed by atoms with Crippen molar-refractivity contribution in [2.45, 2.75) is 20.0 Å². The van der Waals surface area contributed by atoms with E-state index in [0.29, 0.717) is 0 Å². The smallest absolute Gasteiger partial charge is 0.158 e. The average molecular weight is 303 g/mol. The van der Waals surface area contributed by atoms with Crippen molar-refractivity contribution in [3.05, 3.63) is 70.8 Å². The molecule has 0 saturated heterocycles. The van der Waals surface area contributed by atoms with Crippen molar-refractivity contribution in [3.63, 3.8) is 0 Å². The summed E-state index contributed by atoms with van der Waals surface area (Å²) in [6.07, 6.45) is 1.69. The van der Waals surface area contributed by atoms with Gasteiger partial charge < -0.3 is 14.2 Å². The first-order chi connectivity index (χ1) is 10.2. The maximum atomic E-state index is 6.15. The van der Waals surface area contributed by atoms with Gasteiger partial charge in [-0.05, 0) is 42.8 Å². The van der Waals surface area contributed by atoms with Crippen molar-refractivity contribution in [2.75, 3.05) is 0 Å². The standard InChI is InChI=1S/C17H16ClNO2/c1-12-15(5-2-6-16(12)18)17-8-7-14(21-17)11-19-10-13-4-3-9-20-13/h2-9,19H,10-11H2,1H3/p+1. The fourth-order valence-electron chi connectivity index (χ4n) is 2.29. The Hall–Kier alpha value is -1.97. The molecule has 3 rings (SSSR count). The van der Waals surface area contributed by atoms with E-state index in [-0.39, 0.29) is 0 Å². The molecule has 0 unspecified atom stereocenters. The second kappa shape index (κ2) is 6.20. The summed E-state index contributed by atoms with van der Waals surface area (Å²) in [7, 11) is 0. The van der Waals surface area contributed by atoms with Crippen LogP contribution >= 0.6 is 11.6 Å². The molecule has 0 atom stereocenters. The van der Waals surface area contributed by atoms with Gasteiger partial charge in [-0.25, -0.2) is 0 Å². The number of hydrogen-bond donors (Lipinski definition) is 1. The Balaban J connectivity index is 1.67. The first kappa shape index (κ1) is 14.0. The molecule has 1 aromatic carbocycles. The Morgan fingerprint density at radius 1 is 1.00 bits per heavy atom. The lowest BCUT2D eigenvalue weighted by molar-refractivity contribution is -0.689. The molecule has 3 nitrogen and oxygen atoms in total. The summed E-state index contributed by atoms with van der Waals surface area (Å²) in [5.74, 6) is 2.76. The lowest BCUT2D eigenvalue weighted by Crippen LogP contribution is -2.80. The first-order valence-electron chi connectivity index (χ1n) is 6.92. The zero-order valence-electron chi connectivity index (χ0n) is 11.8. The molecule has 0 radical (unpaired) electrons. The van der Waals surface area contributed by atoms with Gasteiger partial charge in [-0.3, -0.25) is 0 Å². The number of quaternary nitrogens is 1. The molecule has 0 spiro atoms. The number of furan rings is 2. The maximum absolute atomic E-state index is 6.15. The highest BCUT2D eigenvalue weighted by molar-refractivity contribution is 6.31. The van der Waals surface area contributed by atoms with Crippen LogP contribution in [-0.2, 0) is 13.1 Å². The second-order valence-electron chi connectivity index (χ2n) is 4.95. The lowest BCUT2D eigenvalue weighted by atomic mass is 10.1. The van der Waals surface area contributed by atoms with E-state index >= 15 is 0 Å². The van der Waals surface area contributed by atoms with Gasteiger partial charge in [0, 0.05) is 10.6 Å². The van der Waals surface area contributed by atoms with Gasteiger partial charge in [0.15, 0.2) is 11.5 Å². The summed E-state index contributed by atoms with van der Waals surface area (Å²) in [5, 5.41) is 2.90. The van der Waals surface area contributed by atoms with Gasteiger partial charge in [0.05, 0.1) is 6.26 Å². The van der Waals surface area contributed by atoms with Crippen LogP contribution in [0.25, 0.3) is 11.3 Å². The first-order valence-corrected chi connectivity index (χ1v) is 7.30. The number of hydrogen-bond acceptors (Lipinski definition) is 2. The SMILES string of the molecule is Cc1c(Cl)cccc1-c1ccc(C[NH2+]Cc2ccco2)o1. The third-order valence-electron chi connectivity index (χ3n) is 3.47. The number of nitrogens with two attached hydrogens (primary N) is 1. The van der Waals surface area contributed by atoms with Crippen LogP contribution in [0.5, 0.6) is 0 Å². The van der Waals surface area contributed by atoms with E-state index < -0.39 is 0 Å². The molecule has 0 aliphatic heterocycles. The van der Waals surface area contributed by atoms with E-state index in [9.17, 15) is 0 Å². The van der Waals surface area contributed by atoms with Gasteiger partial charge in [0.2, 0.25) is 0 Å². The largest absolute Gasteiger partial charge is 0.463 e. The predicted octanol–water partition coefficient (Wildman–Crippen LogP) is 3.77. The van der Waals surface area contributed by atoms with E-state index in [2.05, 4.69) is 5.32 Å².